The highest BCUT2D eigenvalue weighted by molar-refractivity contribution is 14.0. The van der Waals surface area contributed by atoms with Gasteiger partial charge in [-0.15, -0.1) is 24.0 Å². The highest BCUT2D eigenvalue weighted by Crippen LogP contribution is 2.36. The minimum Gasteiger partial charge on any atom is -0.377 e. The van der Waals surface area contributed by atoms with Gasteiger partial charge in [0, 0.05) is 32.7 Å². The van der Waals surface area contributed by atoms with E-state index in [1.54, 1.807) is 0 Å². The number of ether oxygens (including phenoxy) is 1. The predicted octanol–water partition coefficient (Wildman–Crippen LogP) is 4.19. The smallest absolute Gasteiger partial charge is 0.191 e. The summed E-state index contributed by atoms with van der Waals surface area (Å²) in [6, 6.07) is 0. The van der Waals surface area contributed by atoms with Crippen molar-refractivity contribution < 1.29 is 4.74 Å². The van der Waals surface area contributed by atoms with E-state index in [0.29, 0.717) is 17.4 Å². The van der Waals surface area contributed by atoms with Crippen LogP contribution >= 0.6 is 24.0 Å². The Morgan fingerprint density at radius 1 is 1.17 bits per heavy atom. The van der Waals surface area contributed by atoms with Gasteiger partial charge in [-0.3, -0.25) is 4.99 Å². The third-order valence-corrected chi connectivity index (χ3v) is 5.55. The molecule has 142 valence electrons. The summed E-state index contributed by atoms with van der Waals surface area (Å²) in [6.07, 6.45) is 8.15. The van der Waals surface area contributed by atoms with Crippen molar-refractivity contribution in [2.45, 2.75) is 72.3 Å². The largest absolute Gasteiger partial charge is 0.377 e. The molecule has 0 radical (unpaired) electrons. The SMILES string of the molecule is CN=C(NCC1CCCOC1C(C)(C)C)NCC1(C)CCCC1.I. The van der Waals surface area contributed by atoms with Crippen molar-refractivity contribution in [2.24, 2.45) is 21.7 Å². The minimum atomic E-state index is 0. The van der Waals surface area contributed by atoms with E-state index >= 15 is 0 Å². The maximum absolute atomic E-state index is 6.08. The third-order valence-electron chi connectivity index (χ3n) is 5.55. The van der Waals surface area contributed by atoms with Crippen molar-refractivity contribution >= 4 is 29.9 Å². The zero-order valence-corrected chi connectivity index (χ0v) is 18.6. The molecule has 0 aromatic rings. The van der Waals surface area contributed by atoms with Gasteiger partial charge < -0.3 is 15.4 Å². The van der Waals surface area contributed by atoms with Crippen LogP contribution in [0.25, 0.3) is 0 Å². The maximum Gasteiger partial charge on any atom is 0.191 e. The van der Waals surface area contributed by atoms with Crippen molar-refractivity contribution in [3.63, 3.8) is 0 Å². The number of hydrogen-bond donors (Lipinski definition) is 2. The molecule has 1 aliphatic heterocycles. The molecular weight excluding hydrogens is 413 g/mol. The molecule has 0 spiro atoms. The van der Waals surface area contributed by atoms with E-state index < -0.39 is 0 Å². The van der Waals surface area contributed by atoms with E-state index in [1.807, 2.05) is 7.05 Å². The van der Waals surface area contributed by atoms with Gasteiger partial charge in [0.05, 0.1) is 6.10 Å². The van der Waals surface area contributed by atoms with E-state index in [2.05, 4.69) is 43.3 Å². The van der Waals surface area contributed by atoms with Crippen LogP contribution in [0, 0.1) is 16.7 Å². The summed E-state index contributed by atoms with van der Waals surface area (Å²) >= 11 is 0. The van der Waals surface area contributed by atoms with Crippen LogP contribution in [-0.2, 0) is 4.74 Å². The number of aliphatic imine (C=N–C) groups is 1. The summed E-state index contributed by atoms with van der Waals surface area (Å²) in [6.45, 7) is 12.1. The molecule has 1 heterocycles. The summed E-state index contributed by atoms with van der Waals surface area (Å²) in [4.78, 5) is 4.41. The summed E-state index contributed by atoms with van der Waals surface area (Å²) in [5.41, 5.74) is 0.639. The first-order valence-corrected chi connectivity index (χ1v) is 9.40. The van der Waals surface area contributed by atoms with Crippen molar-refractivity contribution in [1.29, 1.82) is 0 Å². The molecule has 2 atom stereocenters. The topological polar surface area (TPSA) is 45.7 Å². The van der Waals surface area contributed by atoms with Crippen molar-refractivity contribution in [3.05, 3.63) is 0 Å². The zero-order chi connectivity index (χ0) is 16.9. The highest BCUT2D eigenvalue weighted by Gasteiger charge is 2.35. The van der Waals surface area contributed by atoms with E-state index in [0.717, 1.165) is 25.7 Å². The third kappa shape index (κ3) is 6.36. The number of rotatable bonds is 4. The van der Waals surface area contributed by atoms with Crippen molar-refractivity contribution in [3.8, 4) is 0 Å². The van der Waals surface area contributed by atoms with Gasteiger partial charge in [-0.1, -0.05) is 40.5 Å². The standard InChI is InChI=1S/C19H37N3O.HI/c1-18(2,3)16-15(9-8-12-23-16)13-21-17(20-5)22-14-19(4)10-6-7-11-19;/h15-16H,6-14H2,1-5H3,(H2,20,21,22);1H. The second kappa shape index (κ2) is 9.60. The molecule has 1 saturated carbocycles. The summed E-state index contributed by atoms with van der Waals surface area (Å²) < 4.78 is 6.08. The maximum atomic E-state index is 6.08. The molecule has 2 aliphatic rings. The lowest BCUT2D eigenvalue weighted by Crippen LogP contribution is -2.48. The van der Waals surface area contributed by atoms with Gasteiger partial charge in [0.25, 0.3) is 0 Å². The lowest BCUT2D eigenvalue weighted by Gasteiger charge is -2.40. The van der Waals surface area contributed by atoms with Gasteiger partial charge in [0.2, 0.25) is 0 Å². The molecule has 5 heteroatoms. The van der Waals surface area contributed by atoms with Crippen LogP contribution in [0.3, 0.4) is 0 Å². The molecule has 0 aromatic carbocycles. The first-order valence-electron chi connectivity index (χ1n) is 9.40. The fraction of sp³-hybridized carbons (Fsp3) is 0.947. The van der Waals surface area contributed by atoms with Crippen LogP contribution < -0.4 is 10.6 Å². The molecule has 24 heavy (non-hydrogen) atoms. The lowest BCUT2D eigenvalue weighted by molar-refractivity contribution is -0.0835. The Morgan fingerprint density at radius 2 is 1.83 bits per heavy atom. The van der Waals surface area contributed by atoms with Crippen LogP contribution in [-0.4, -0.2) is 38.8 Å². The first kappa shape index (κ1) is 22.0. The number of halogens is 1. The lowest BCUT2D eigenvalue weighted by atomic mass is 9.78. The Labute approximate surface area is 166 Å². The van der Waals surface area contributed by atoms with Crippen LogP contribution in [0.15, 0.2) is 4.99 Å². The van der Waals surface area contributed by atoms with Gasteiger partial charge in [0.15, 0.2) is 5.96 Å². The van der Waals surface area contributed by atoms with Gasteiger partial charge in [-0.25, -0.2) is 0 Å². The molecule has 2 unspecified atom stereocenters. The molecule has 0 bridgehead atoms. The quantitative estimate of drug-likeness (QED) is 0.383. The highest BCUT2D eigenvalue weighted by atomic mass is 127. The fourth-order valence-electron chi connectivity index (χ4n) is 4.16. The van der Waals surface area contributed by atoms with Crippen LogP contribution in [0.1, 0.15) is 66.2 Å². The molecule has 2 fully saturated rings. The summed E-state index contributed by atoms with van der Waals surface area (Å²) in [7, 11) is 1.87. The molecule has 1 aliphatic carbocycles. The Morgan fingerprint density at radius 3 is 2.42 bits per heavy atom. The normalized spacial score (nSPS) is 27.5. The molecule has 0 aromatic heterocycles. The number of hydrogen-bond acceptors (Lipinski definition) is 2. The molecular formula is C19H38IN3O. The number of nitrogens with zero attached hydrogens (tertiary/aromatic N) is 1. The fourth-order valence-corrected chi connectivity index (χ4v) is 4.16. The Hall–Kier alpha value is -0.0400. The molecule has 1 saturated heterocycles. The van der Waals surface area contributed by atoms with Crippen LogP contribution in [0.4, 0.5) is 0 Å². The average molecular weight is 451 g/mol. The van der Waals surface area contributed by atoms with E-state index in [-0.39, 0.29) is 29.4 Å². The Bertz CT molecular complexity index is 400. The molecule has 2 N–H and O–H groups in total. The Balaban J connectivity index is 0.00000288. The Kier molecular flexibility index (Phi) is 8.80. The second-order valence-corrected chi connectivity index (χ2v) is 8.88. The van der Waals surface area contributed by atoms with Crippen molar-refractivity contribution in [2.75, 3.05) is 26.7 Å². The minimum absolute atomic E-state index is 0. The first-order chi connectivity index (χ1) is 10.8. The number of nitrogens with one attached hydrogen (secondary N) is 2. The van der Waals surface area contributed by atoms with E-state index in [4.69, 9.17) is 4.74 Å². The molecule has 0 amide bonds. The van der Waals surface area contributed by atoms with Gasteiger partial charge >= 0.3 is 0 Å². The van der Waals surface area contributed by atoms with E-state index in [9.17, 15) is 0 Å². The van der Waals surface area contributed by atoms with Gasteiger partial charge in [-0.05, 0) is 36.5 Å². The average Bonchev–Trinajstić information content (AvgIpc) is 2.94. The van der Waals surface area contributed by atoms with Crippen LogP contribution in [0.2, 0.25) is 0 Å². The summed E-state index contributed by atoms with van der Waals surface area (Å²) in [5.74, 6) is 1.50. The van der Waals surface area contributed by atoms with Crippen LogP contribution in [0.5, 0.6) is 0 Å². The van der Waals surface area contributed by atoms with Crippen molar-refractivity contribution in [1.82, 2.24) is 10.6 Å². The molecule has 2 rings (SSSR count). The zero-order valence-electron chi connectivity index (χ0n) is 16.3. The van der Waals surface area contributed by atoms with E-state index in [1.165, 1.54) is 38.5 Å². The monoisotopic (exact) mass is 451 g/mol. The van der Waals surface area contributed by atoms with Gasteiger partial charge in [0.1, 0.15) is 0 Å². The predicted molar refractivity (Wildman–Crippen MR) is 113 cm³/mol. The van der Waals surface area contributed by atoms with Gasteiger partial charge in [-0.2, -0.15) is 0 Å². The second-order valence-electron chi connectivity index (χ2n) is 8.88. The number of guanidine groups is 1. The molecule has 4 nitrogen and oxygen atoms in total. The summed E-state index contributed by atoms with van der Waals surface area (Å²) in [5, 5.41) is 7.08.